The first kappa shape index (κ1) is 23.9. The number of rotatable bonds is 10. The Bertz CT molecular complexity index is 1380. The summed E-state index contributed by atoms with van der Waals surface area (Å²) in [5.74, 6) is -0.797. The molecule has 0 spiro atoms. The summed E-state index contributed by atoms with van der Waals surface area (Å²) >= 11 is 0. The molecule has 0 saturated heterocycles. The van der Waals surface area contributed by atoms with E-state index < -0.39 is 21.2 Å². The Labute approximate surface area is 202 Å². The number of anilines is 1. The van der Waals surface area contributed by atoms with E-state index in [0.717, 1.165) is 16.7 Å². The van der Waals surface area contributed by atoms with Crippen molar-refractivity contribution in [3.63, 3.8) is 0 Å². The number of sulfone groups is 1. The fraction of sp³-hybridized carbons (Fsp3) is 0.125. The maximum absolute atomic E-state index is 13.5. The number of carboxylic acids is 1. The molecule has 3 N–H and O–H groups in total. The zero-order valence-corrected chi connectivity index (χ0v) is 19.3. The first-order chi connectivity index (χ1) is 16.9. The lowest BCUT2D eigenvalue weighted by Gasteiger charge is -2.20. The van der Waals surface area contributed by atoms with E-state index >= 15 is 0 Å². The Morgan fingerprint density at radius 2 is 1.74 bits per heavy atom. The van der Waals surface area contributed by atoms with Gasteiger partial charge in [-0.1, -0.05) is 30.3 Å². The standard InChI is InChI=1S/C24H22N6O4S/c31-23(32)16-26-22-5-1-4-21(30-22)24(35(33,34)20-3-2-11-25-15-20)27-13-17-6-8-18(9-7-17)19-10-12-28-29-14-19/h1-12,14-15,24,27H,13,16H2,(H,26,30)(H,31,32). The summed E-state index contributed by atoms with van der Waals surface area (Å²) in [5, 5.41) is 21.2. The van der Waals surface area contributed by atoms with Gasteiger partial charge in [-0.15, -0.1) is 0 Å². The number of aliphatic carboxylic acids is 1. The molecule has 178 valence electrons. The molecule has 0 bridgehead atoms. The van der Waals surface area contributed by atoms with Crippen molar-refractivity contribution in [2.24, 2.45) is 0 Å². The van der Waals surface area contributed by atoms with E-state index in [1.54, 1.807) is 36.7 Å². The molecule has 11 heteroatoms. The monoisotopic (exact) mass is 490 g/mol. The number of carboxylic acid groups (broad SMARTS) is 1. The number of hydrogen-bond donors (Lipinski definition) is 3. The quantitative estimate of drug-likeness (QED) is 0.303. The second kappa shape index (κ2) is 10.8. The Balaban J connectivity index is 1.60. The molecule has 0 radical (unpaired) electrons. The van der Waals surface area contributed by atoms with Gasteiger partial charge < -0.3 is 10.4 Å². The molecule has 4 rings (SSSR count). The molecule has 0 amide bonds. The van der Waals surface area contributed by atoms with Crippen LogP contribution in [0.4, 0.5) is 5.82 Å². The van der Waals surface area contributed by atoms with E-state index in [4.69, 9.17) is 5.11 Å². The Morgan fingerprint density at radius 1 is 0.914 bits per heavy atom. The smallest absolute Gasteiger partial charge is 0.322 e. The van der Waals surface area contributed by atoms with Crippen LogP contribution in [0.25, 0.3) is 11.1 Å². The Morgan fingerprint density at radius 3 is 2.43 bits per heavy atom. The SMILES string of the molecule is O=C(O)CNc1cccc(C(NCc2ccc(-c3ccnnc3)cc2)S(=O)(=O)c2cccnc2)n1. The van der Waals surface area contributed by atoms with E-state index in [9.17, 15) is 13.2 Å². The first-order valence-corrected chi connectivity index (χ1v) is 12.1. The van der Waals surface area contributed by atoms with Gasteiger partial charge in [0.05, 0.1) is 23.0 Å². The molecule has 1 aromatic carbocycles. The summed E-state index contributed by atoms with van der Waals surface area (Å²) in [4.78, 5) is 19.2. The molecule has 0 aliphatic heterocycles. The molecule has 10 nitrogen and oxygen atoms in total. The van der Waals surface area contributed by atoms with E-state index in [2.05, 4.69) is 30.8 Å². The predicted octanol–water partition coefficient (Wildman–Crippen LogP) is 2.69. The van der Waals surface area contributed by atoms with E-state index in [1.165, 1.54) is 18.5 Å². The predicted molar refractivity (Wildman–Crippen MR) is 129 cm³/mol. The lowest BCUT2D eigenvalue weighted by molar-refractivity contribution is -0.134. The highest BCUT2D eigenvalue weighted by atomic mass is 32.2. The Kier molecular flexibility index (Phi) is 7.38. The maximum atomic E-state index is 13.5. The van der Waals surface area contributed by atoms with Gasteiger partial charge in [-0.2, -0.15) is 10.2 Å². The zero-order valence-electron chi connectivity index (χ0n) is 18.4. The lowest BCUT2D eigenvalue weighted by atomic mass is 10.1. The molecule has 4 aromatic rings. The third-order valence-corrected chi connectivity index (χ3v) is 7.02. The minimum atomic E-state index is -3.92. The first-order valence-electron chi connectivity index (χ1n) is 10.6. The Hall–Kier alpha value is -4.22. The van der Waals surface area contributed by atoms with Crippen LogP contribution in [0.3, 0.4) is 0 Å². The van der Waals surface area contributed by atoms with Gasteiger partial charge in [0.25, 0.3) is 0 Å². The van der Waals surface area contributed by atoms with Crippen LogP contribution < -0.4 is 10.6 Å². The van der Waals surface area contributed by atoms with Crippen LogP contribution >= 0.6 is 0 Å². The number of nitrogens with one attached hydrogen (secondary N) is 2. The van der Waals surface area contributed by atoms with Crippen LogP contribution in [0, 0.1) is 0 Å². The molecule has 0 aliphatic rings. The van der Waals surface area contributed by atoms with Crippen molar-refractivity contribution in [1.82, 2.24) is 25.5 Å². The molecular weight excluding hydrogens is 468 g/mol. The van der Waals surface area contributed by atoms with Crippen LogP contribution in [0.15, 0.2) is 90.3 Å². The van der Waals surface area contributed by atoms with Gasteiger partial charge in [0.1, 0.15) is 12.4 Å². The van der Waals surface area contributed by atoms with Crippen molar-refractivity contribution < 1.29 is 18.3 Å². The molecular formula is C24H22N6O4S. The normalized spacial score (nSPS) is 12.1. The molecule has 1 unspecified atom stereocenters. The molecule has 3 heterocycles. The topological polar surface area (TPSA) is 147 Å². The van der Waals surface area contributed by atoms with Crippen molar-refractivity contribution in [2.45, 2.75) is 16.8 Å². The highest BCUT2D eigenvalue weighted by Crippen LogP contribution is 2.27. The van der Waals surface area contributed by atoms with Crippen LogP contribution in [0.2, 0.25) is 0 Å². The molecule has 35 heavy (non-hydrogen) atoms. The third-order valence-electron chi connectivity index (χ3n) is 5.10. The molecule has 0 saturated carbocycles. The number of pyridine rings is 2. The van der Waals surface area contributed by atoms with Crippen molar-refractivity contribution in [1.29, 1.82) is 0 Å². The van der Waals surface area contributed by atoms with E-state index in [1.807, 2.05) is 30.3 Å². The van der Waals surface area contributed by atoms with Gasteiger partial charge in [-0.3, -0.25) is 15.1 Å². The highest BCUT2D eigenvalue weighted by Gasteiger charge is 2.30. The summed E-state index contributed by atoms with van der Waals surface area (Å²) in [7, 11) is -3.92. The second-order valence-corrected chi connectivity index (χ2v) is 9.55. The zero-order chi connectivity index (χ0) is 24.7. The average molecular weight is 491 g/mol. The molecule has 1 atom stereocenters. The third kappa shape index (κ3) is 6.02. The van der Waals surface area contributed by atoms with Gasteiger partial charge in [0.15, 0.2) is 5.37 Å². The second-order valence-electron chi connectivity index (χ2n) is 7.52. The van der Waals surface area contributed by atoms with E-state index in [-0.39, 0.29) is 29.5 Å². The van der Waals surface area contributed by atoms with Gasteiger partial charge in [-0.05, 0) is 41.5 Å². The number of carbonyl (C=O) groups is 1. The number of hydrogen-bond acceptors (Lipinski definition) is 9. The molecule has 3 aromatic heterocycles. The maximum Gasteiger partial charge on any atom is 0.322 e. The number of aromatic nitrogens is 4. The largest absolute Gasteiger partial charge is 0.480 e. The van der Waals surface area contributed by atoms with Crippen molar-refractivity contribution in [3.05, 3.63) is 96.7 Å². The van der Waals surface area contributed by atoms with E-state index in [0.29, 0.717) is 0 Å². The summed E-state index contributed by atoms with van der Waals surface area (Å²) in [5.41, 5.74) is 2.97. The average Bonchev–Trinajstić information content (AvgIpc) is 2.89. The van der Waals surface area contributed by atoms with Crippen LogP contribution in [0.5, 0.6) is 0 Å². The minimum absolute atomic E-state index is 0.0451. The van der Waals surface area contributed by atoms with Crippen LogP contribution in [0.1, 0.15) is 16.6 Å². The number of nitrogens with zero attached hydrogens (tertiary/aromatic N) is 4. The van der Waals surface area contributed by atoms with Gasteiger partial charge >= 0.3 is 5.97 Å². The van der Waals surface area contributed by atoms with Crippen LogP contribution in [-0.2, 0) is 21.2 Å². The number of benzene rings is 1. The van der Waals surface area contributed by atoms with Crippen LogP contribution in [-0.4, -0.2) is 46.2 Å². The van der Waals surface area contributed by atoms with Crippen molar-refractivity contribution in [3.8, 4) is 11.1 Å². The molecule has 0 aliphatic carbocycles. The van der Waals surface area contributed by atoms with Crippen molar-refractivity contribution in [2.75, 3.05) is 11.9 Å². The van der Waals surface area contributed by atoms with Crippen molar-refractivity contribution >= 4 is 21.6 Å². The molecule has 0 fully saturated rings. The summed E-state index contributed by atoms with van der Waals surface area (Å²) in [6, 6.07) is 17.3. The van der Waals surface area contributed by atoms with Gasteiger partial charge in [0, 0.05) is 24.5 Å². The fourth-order valence-corrected chi connectivity index (χ4v) is 4.87. The summed E-state index contributed by atoms with van der Waals surface area (Å²) in [6.07, 6.45) is 6.07. The minimum Gasteiger partial charge on any atom is -0.480 e. The highest BCUT2D eigenvalue weighted by molar-refractivity contribution is 7.91. The fourth-order valence-electron chi connectivity index (χ4n) is 3.37. The van der Waals surface area contributed by atoms with Gasteiger partial charge in [-0.25, -0.2) is 13.4 Å². The summed E-state index contributed by atoms with van der Waals surface area (Å²) < 4.78 is 27.0. The lowest BCUT2D eigenvalue weighted by Crippen LogP contribution is -2.30. The summed E-state index contributed by atoms with van der Waals surface area (Å²) in [6.45, 7) is -0.100. The van der Waals surface area contributed by atoms with Gasteiger partial charge in [0.2, 0.25) is 9.84 Å².